The number of hydrogen-bond donors (Lipinski definition) is 0. The van der Waals surface area contributed by atoms with Crippen molar-refractivity contribution in [1.29, 1.82) is 0 Å². The molecule has 0 aliphatic rings. The molecular formula is C18H14O3. The van der Waals surface area contributed by atoms with Crippen molar-refractivity contribution < 1.29 is 13.9 Å². The average molecular weight is 278 g/mol. The van der Waals surface area contributed by atoms with Gasteiger partial charge in [-0.05, 0) is 35.4 Å². The van der Waals surface area contributed by atoms with Gasteiger partial charge in [-0.1, -0.05) is 36.4 Å². The van der Waals surface area contributed by atoms with Crippen LogP contribution in [0.3, 0.4) is 0 Å². The van der Waals surface area contributed by atoms with Crippen molar-refractivity contribution in [2.75, 3.05) is 7.11 Å². The second kappa shape index (κ2) is 5.67. The van der Waals surface area contributed by atoms with Gasteiger partial charge in [0.25, 0.3) is 0 Å². The molecule has 0 atom stereocenters. The normalized spacial score (nSPS) is 10.3. The summed E-state index contributed by atoms with van der Waals surface area (Å²) in [5.41, 5.74) is 3.58. The van der Waals surface area contributed by atoms with Crippen molar-refractivity contribution in [3.05, 3.63) is 72.5 Å². The Hall–Kier alpha value is -2.81. The molecule has 3 heteroatoms. The molecule has 2 aromatic carbocycles. The molecule has 104 valence electrons. The summed E-state index contributed by atoms with van der Waals surface area (Å²) in [4.78, 5) is 11.6. The van der Waals surface area contributed by atoms with E-state index in [4.69, 9.17) is 9.15 Å². The van der Waals surface area contributed by atoms with E-state index in [1.807, 2.05) is 54.6 Å². The van der Waals surface area contributed by atoms with E-state index < -0.39 is 0 Å². The number of carbonyl (C=O) groups excluding carboxylic acids is 1. The highest BCUT2D eigenvalue weighted by molar-refractivity contribution is 5.91. The van der Waals surface area contributed by atoms with Crippen LogP contribution in [0.15, 0.2) is 71.3 Å². The smallest absolute Gasteiger partial charge is 0.337 e. The largest absolute Gasteiger partial charge is 0.465 e. The average Bonchev–Trinajstić information content (AvgIpc) is 3.09. The van der Waals surface area contributed by atoms with Crippen LogP contribution in [0.1, 0.15) is 10.4 Å². The standard InChI is InChI=1S/C18H14O3/c1-20-18(19)16-5-2-4-15(12-16)13-7-9-14(10-8-13)17-6-3-11-21-17/h2-12H,1H3. The summed E-state index contributed by atoms with van der Waals surface area (Å²) < 4.78 is 10.1. The van der Waals surface area contributed by atoms with Gasteiger partial charge in [-0.15, -0.1) is 0 Å². The third kappa shape index (κ3) is 2.72. The minimum atomic E-state index is -0.330. The Morgan fingerprint density at radius 2 is 1.67 bits per heavy atom. The lowest BCUT2D eigenvalue weighted by atomic mass is 10.0. The van der Waals surface area contributed by atoms with Crippen LogP contribution in [0.25, 0.3) is 22.5 Å². The number of carbonyl (C=O) groups is 1. The van der Waals surface area contributed by atoms with E-state index in [0.29, 0.717) is 5.56 Å². The van der Waals surface area contributed by atoms with Gasteiger partial charge in [0.15, 0.2) is 0 Å². The number of furan rings is 1. The van der Waals surface area contributed by atoms with Crippen LogP contribution in [0, 0.1) is 0 Å². The maximum atomic E-state index is 11.6. The number of esters is 1. The van der Waals surface area contributed by atoms with Crippen LogP contribution in [0.2, 0.25) is 0 Å². The quantitative estimate of drug-likeness (QED) is 0.666. The minimum Gasteiger partial charge on any atom is -0.465 e. The van der Waals surface area contributed by atoms with Crippen LogP contribution in [0.5, 0.6) is 0 Å². The summed E-state index contributed by atoms with van der Waals surface area (Å²) in [5.74, 6) is 0.508. The van der Waals surface area contributed by atoms with Crippen molar-refractivity contribution in [1.82, 2.24) is 0 Å². The molecule has 0 unspecified atom stereocenters. The molecule has 3 aromatic rings. The molecule has 0 aliphatic carbocycles. The Bertz CT molecular complexity index is 740. The van der Waals surface area contributed by atoms with Gasteiger partial charge in [-0.2, -0.15) is 0 Å². The van der Waals surface area contributed by atoms with E-state index >= 15 is 0 Å². The molecule has 0 saturated heterocycles. The van der Waals surface area contributed by atoms with Gasteiger partial charge in [0, 0.05) is 5.56 Å². The molecule has 0 N–H and O–H groups in total. The summed E-state index contributed by atoms with van der Waals surface area (Å²) >= 11 is 0. The molecule has 0 bridgehead atoms. The number of benzene rings is 2. The molecule has 0 amide bonds. The number of hydrogen-bond acceptors (Lipinski definition) is 3. The van der Waals surface area contributed by atoms with Gasteiger partial charge in [-0.25, -0.2) is 4.79 Å². The zero-order chi connectivity index (χ0) is 14.7. The zero-order valence-corrected chi connectivity index (χ0v) is 11.6. The fraction of sp³-hybridized carbons (Fsp3) is 0.0556. The van der Waals surface area contributed by atoms with Gasteiger partial charge in [0.2, 0.25) is 0 Å². The first-order valence-corrected chi connectivity index (χ1v) is 6.60. The lowest BCUT2D eigenvalue weighted by Gasteiger charge is -2.05. The highest BCUT2D eigenvalue weighted by atomic mass is 16.5. The number of methoxy groups -OCH3 is 1. The lowest BCUT2D eigenvalue weighted by molar-refractivity contribution is 0.0601. The molecule has 21 heavy (non-hydrogen) atoms. The van der Waals surface area contributed by atoms with Crippen LogP contribution in [0.4, 0.5) is 0 Å². The Kier molecular flexibility index (Phi) is 3.56. The van der Waals surface area contributed by atoms with E-state index in [1.165, 1.54) is 7.11 Å². The molecule has 1 aromatic heterocycles. The highest BCUT2D eigenvalue weighted by Gasteiger charge is 2.07. The third-order valence-electron chi connectivity index (χ3n) is 3.31. The van der Waals surface area contributed by atoms with Crippen molar-refractivity contribution >= 4 is 5.97 Å². The van der Waals surface area contributed by atoms with Crippen LogP contribution < -0.4 is 0 Å². The maximum absolute atomic E-state index is 11.6. The van der Waals surface area contributed by atoms with E-state index in [0.717, 1.165) is 22.5 Å². The van der Waals surface area contributed by atoms with Crippen molar-refractivity contribution in [2.24, 2.45) is 0 Å². The van der Waals surface area contributed by atoms with Gasteiger partial charge >= 0.3 is 5.97 Å². The van der Waals surface area contributed by atoms with E-state index in [1.54, 1.807) is 12.3 Å². The van der Waals surface area contributed by atoms with Gasteiger partial charge in [0.1, 0.15) is 5.76 Å². The van der Waals surface area contributed by atoms with Crippen LogP contribution in [-0.4, -0.2) is 13.1 Å². The molecule has 1 heterocycles. The highest BCUT2D eigenvalue weighted by Crippen LogP contribution is 2.25. The number of ether oxygens (including phenoxy) is 1. The number of rotatable bonds is 3. The van der Waals surface area contributed by atoms with Crippen LogP contribution in [-0.2, 0) is 4.74 Å². The predicted octanol–water partition coefficient (Wildman–Crippen LogP) is 4.40. The van der Waals surface area contributed by atoms with E-state index in [9.17, 15) is 4.79 Å². The van der Waals surface area contributed by atoms with Crippen LogP contribution >= 0.6 is 0 Å². The van der Waals surface area contributed by atoms with Gasteiger partial charge in [0.05, 0.1) is 18.9 Å². The van der Waals surface area contributed by atoms with E-state index in [-0.39, 0.29) is 5.97 Å². The Labute approximate surface area is 122 Å². The molecule has 3 rings (SSSR count). The second-order valence-corrected chi connectivity index (χ2v) is 4.63. The fourth-order valence-electron chi connectivity index (χ4n) is 2.21. The Morgan fingerprint density at radius 3 is 2.33 bits per heavy atom. The monoisotopic (exact) mass is 278 g/mol. The topological polar surface area (TPSA) is 39.4 Å². The van der Waals surface area contributed by atoms with Crippen molar-refractivity contribution in [3.8, 4) is 22.5 Å². The molecular weight excluding hydrogens is 264 g/mol. The molecule has 0 spiro atoms. The summed E-state index contributed by atoms with van der Waals surface area (Å²) in [6.07, 6.45) is 1.66. The summed E-state index contributed by atoms with van der Waals surface area (Å²) in [5, 5.41) is 0. The summed E-state index contributed by atoms with van der Waals surface area (Å²) in [6.45, 7) is 0. The maximum Gasteiger partial charge on any atom is 0.337 e. The van der Waals surface area contributed by atoms with Crippen molar-refractivity contribution in [3.63, 3.8) is 0 Å². The molecule has 0 radical (unpaired) electrons. The summed E-state index contributed by atoms with van der Waals surface area (Å²) in [6, 6.07) is 19.2. The second-order valence-electron chi connectivity index (χ2n) is 4.63. The SMILES string of the molecule is COC(=O)c1cccc(-c2ccc(-c3ccco3)cc2)c1. The van der Waals surface area contributed by atoms with Gasteiger partial charge in [-0.3, -0.25) is 0 Å². The fourth-order valence-corrected chi connectivity index (χ4v) is 2.21. The molecule has 0 saturated carbocycles. The first kappa shape index (κ1) is 13.2. The molecule has 3 nitrogen and oxygen atoms in total. The first-order chi connectivity index (χ1) is 10.3. The van der Waals surface area contributed by atoms with Gasteiger partial charge < -0.3 is 9.15 Å². The zero-order valence-electron chi connectivity index (χ0n) is 11.6. The first-order valence-electron chi connectivity index (χ1n) is 6.60. The van der Waals surface area contributed by atoms with Crippen molar-refractivity contribution in [2.45, 2.75) is 0 Å². The summed E-state index contributed by atoms with van der Waals surface area (Å²) in [7, 11) is 1.38. The molecule has 0 fully saturated rings. The Morgan fingerprint density at radius 1 is 0.905 bits per heavy atom. The lowest BCUT2D eigenvalue weighted by Crippen LogP contribution is -2.00. The third-order valence-corrected chi connectivity index (χ3v) is 3.31. The minimum absolute atomic E-state index is 0.330. The predicted molar refractivity (Wildman–Crippen MR) is 80.9 cm³/mol. The van der Waals surface area contributed by atoms with E-state index in [2.05, 4.69) is 0 Å². The molecule has 0 aliphatic heterocycles. The Balaban J connectivity index is 1.92.